The van der Waals surface area contributed by atoms with Gasteiger partial charge in [-0.2, -0.15) is 4.31 Å². The number of amides is 1. The van der Waals surface area contributed by atoms with Crippen molar-refractivity contribution in [2.45, 2.75) is 18.9 Å². The van der Waals surface area contributed by atoms with Crippen LogP contribution in [0.3, 0.4) is 0 Å². The maximum atomic E-state index is 11.3. The van der Waals surface area contributed by atoms with Gasteiger partial charge in [-0.3, -0.25) is 4.79 Å². The molecule has 1 aliphatic carbocycles. The second-order valence-electron chi connectivity index (χ2n) is 3.96. The van der Waals surface area contributed by atoms with Gasteiger partial charge < -0.3 is 5.32 Å². The molecule has 1 N–H and O–H groups in total. The molecule has 6 heteroatoms. The molecule has 0 saturated heterocycles. The molecule has 2 atom stereocenters. The molecule has 0 aromatic rings. The molecule has 5 nitrogen and oxygen atoms in total. The highest BCUT2D eigenvalue weighted by atomic mass is 32.2. The number of nitrogens with one attached hydrogen (secondary N) is 1. The monoisotopic (exact) mass is 220 g/mol. The van der Waals surface area contributed by atoms with Gasteiger partial charge in [-0.25, -0.2) is 8.42 Å². The number of rotatable bonds is 3. The molecule has 0 heterocycles. The Balaban J connectivity index is 2.79. The van der Waals surface area contributed by atoms with Crippen LogP contribution in [0, 0.1) is 5.92 Å². The zero-order chi connectivity index (χ0) is 11.1. The average molecular weight is 220 g/mol. The van der Waals surface area contributed by atoms with Crippen LogP contribution in [-0.4, -0.2) is 44.5 Å². The molecule has 14 heavy (non-hydrogen) atoms. The first kappa shape index (κ1) is 11.5. The van der Waals surface area contributed by atoms with E-state index in [9.17, 15) is 13.2 Å². The number of carbonyl (C=O) groups is 1. The molecule has 1 rings (SSSR count). The summed E-state index contributed by atoms with van der Waals surface area (Å²) >= 11 is 0. The molecule has 0 bridgehead atoms. The summed E-state index contributed by atoms with van der Waals surface area (Å²) in [4.78, 5) is 11.3. The zero-order valence-corrected chi connectivity index (χ0v) is 9.68. The minimum absolute atomic E-state index is 0.0944. The van der Waals surface area contributed by atoms with E-state index in [2.05, 4.69) is 5.32 Å². The van der Waals surface area contributed by atoms with E-state index in [0.29, 0.717) is 6.42 Å². The zero-order valence-electron chi connectivity index (χ0n) is 8.86. The average Bonchev–Trinajstić information content (AvgIpc) is 2.75. The third kappa shape index (κ3) is 1.76. The third-order valence-corrected chi connectivity index (χ3v) is 4.40. The largest absolute Gasteiger partial charge is 0.359 e. The maximum Gasteiger partial charge on any atom is 0.224 e. The summed E-state index contributed by atoms with van der Waals surface area (Å²) in [6.07, 6.45) is 1.74. The van der Waals surface area contributed by atoms with Gasteiger partial charge in [0.2, 0.25) is 15.9 Å². The van der Waals surface area contributed by atoms with E-state index in [0.717, 1.165) is 6.26 Å². The Kier molecular flexibility index (Phi) is 2.62. The van der Waals surface area contributed by atoms with E-state index in [-0.39, 0.29) is 11.8 Å². The van der Waals surface area contributed by atoms with E-state index >= 15 is 0 Å². The van der Waals surface area contributed by atoms with E-state index in [1.807, 2.05) is 0 Å². The Morgan fingerprint density at radius 3 is 2.43 bits per heavy atom. The number of hydrogen-bond donors (Lipinski definition) is 1. The first-order chi connectivity index (χ1) is 6.23. The van der Waals surface area contributed by atoms with Gasteiger partial charge in [0.1, 0.15) is 0 Å². The molecule has 0 spiro atoms. The predicted octanol–water partition coefficient (Wildman–Crippen LogP) is -0.598. The molecule has 1 fully saturated rings. The van der Waals surface area contributed by atoms with Crippen molar-refractivity contribution in [3.8, 4) is 0 Å². The minimum Gasteiger partial charge on any atom is -0.359 e. The van der Waals surface area contributed by atoms with Gasteiger partial charge in [0, 0.05) is 19.6 Å². The molecular weight excluding hydrogens is 204 g/mol. The molecule has 1 aliphatic rings. The third-order valence-electron chi connectivity index (χ3n) is 2.99. The van der Waals surface area contributed by atoms with Crippen LogP contribution in [0.4, 0.5) is 0 Å². The Morgan fingerprint density at radius 1 is 1.57 bits per heavy atom. The highest BCUT2D eigenvalue weighted by Gasteiger charge is 2.59. The molecular formula is C8H16N2O3S. The highest BCUT2D eigenvalue weighted by molar-refractivity contribution is 7.88. The van der Waals surface area contributed by atoms with Crippen LogP contribution in [0.1, 0.15) is 13.3 Å². The lowest BCUT2D eigenvalue weighted by molar-refractivity contribution is -0.122. The van der Waals surface area contributed by atoms with Crippen LogP contribution in [-0.2, 0) is 14.8 Å². The summed E-state index contributed by atoms with van der Waals surface area (Å²) in [5.74, 6) is -0.310. The van der Waals surface area contributed by atoms with E-state index in [1.54, 1.807) is 14.0 Å². The fourth-order valence-electron chi connectivity index (χ4n) is 1.63. The van der Waals surface area contributed by atoms with Gasteiger partial charge in [0.05, 0.1) is 12.2 Å². The van der Waals surface area contributed by atoms with Crippen molar-refractivity contribution >= 4 is 15.9 Å². The molecule has 1 amide bonds. The Hall–Kier alpha value is -0.620. The lowest BCUT2D eigenvalue weighted by Gasteiger charge is -2.22. The first-order valence-corrected chi connectivity index (χ1v) is 6.24. The Bertz CT molecular complexity index is 352. The fraction of sp³-hybridized carbons (Fsp3) is 0.875. The van der Waals surface area contributed by atoms with E-state index < -0.39 is 15.6 Å². The smallest absolute Gasteiger partial charge is 0.224 e. The van der Waals surface area contributed by atoms with Crippen LogP contribution < -0.4 is 5.32 Å². The predicted molar refractivity (Wildman–Crippen MR) is 53.2 cm³/mol. The van der Waals surface area contributed by atoms with Gasteiger partial charge >= 0.3 is 0 Å². The summed E-state index contributed by atoms with van der Waals surface area (Å²) < 4.78 is 23.8. The second kappa shape index (κ2) is 3.20. The summed E-state index contributed by atoms with van der Waals surface area (Å²) in [6, 6.07) is 0. The van der Waals surface area contributed by atoms with E-state index in [1.165, 1.54) is 11.4 Å². The molecule has 0 aromatic heterocycles. The number of carbonyl (C=O) groups excluding carboxylic acids is 1. The molecule has 0 radical (unpaired) electrons. The van der Waals surface area contributed by atoms with Gasteiger partial charge in [0.25, 0.3) is 0 Å². The van der Waals surface area contributed by atoms with Crippen molar-refractivity contribution < 1.29 is 13.2 Å². The maximum absolute atomic E-state index is 11.3. The fourth-order valence-corrected chi connectivity index (χ4v) is 2.59. The van der Waals surface area contributed by atoms with Gasteiger partial charge in [-0.05, 0) is 13.3 Å². The number of hydrogen-bond acceptors (Lipinski definition) is 3. The number of sulfonamides is 1. The Labute approximate surface area is 84.5 Å². The first-order valence-electron chi connectivity index (χ1n) is 4.39. The lowest BCUT2D eigenvalue weighted by Crippen LogP contribution is -2.40. The molecule has 82 valence electrons. The van der Waals surface area contributed by atoms with Crippen LogP contribution in [0.2, 0.25) is 0 Å². The molecule has 1 saturated carbocycles. The second-order valence-corrected chi connectivity index (χ2v) is 5.97. The van der Waals surface area contributed by atoms with Crippen molar-refractivity contribution in [1.29, 1.82) is 0 Å². The highest BCUT2D eigenvalue weighted by Crippen LogP contribution is 2.48. The molecule has 0 aliphatic heterocycles. The van der Waals surface area contributed by atoms with Crippen LogP contribution in [0.15, 0.2) is 0 Å². The van der Waals surface area contributed by atoms with Gasteiger partial charge in [0.15, 0.2) is 0 Å². The van der Waals surface area contributed by atoms with Crippen molar-refractivity contribution in [1.82, 2.24) is 9.62 Å². The quantitative estimate of drug-likeness (QED) is 0.691. The minimum atomic E-state index is -3.22. The number of nitrogens with zero attached hydrogens (tertiary/aromatic N) is 1. The van der Waals surface area contributed by atoms with Crippen molar-refractivity contribution in [3.63, 3.8) is 0 Å². The van der Waals surface area contributed by atoms with Crippen molar-refractivity contribution in [2.24, 2.45) is 5.92 Å². The van der Waals surface area contributed by atoms with Gasteiger partial charge in [-0.1, -0.05) is 0 Å². The summed E-state index contributed by atoms with van der Waals surface area (Å²) in [7, 11) is -0.150. The summed E-state index contributed by atoms with van der Waals surface area (Å²) in [6.45, 7) is 1.79. The van der Waals surface area contributed by atoms with Gasteiger partial charge in [-0.15, -0.1) is 0 Å². The molecule has 2 unspecified atom stereocenters. The SMILES string of the molecule is CNC(=O)C1CC1(C)N(C)S(C)(=O)=O. The summed E-state index contributed by atoms with van der Waals surface area (Å²) in [5.41, 5.74) is -0.534. The van der Waals surface area contributed by atoms with Crippen molar-refractivity contribution in [3.05, 3.63) is 0 Å². The van der Waals surface area contributed by atoms with Crippen molar-refractivity contribution in [2.75, 3.05) is 20.4 Å². The van der Waals surface area contributed by atoms with Crippen LogP contribution in [0.5, 0.6) is 0 Å². The van der Waals surface area contributed by atoms with Crippen LogP contribution in [0.25, 0.3) is 0 Å². The standard InChI is InChI=1S/C8H16N2O3S/c1-8(10(3)14(4,12)13)5-6(8)7(11)9-2/h6H,5H2,1-4H3,(H,9,11). The Morgan fingerprint density at radius 2 is 2.07 bits per heavy atom. The van der Waals surface area contributed by atoms with E-state index in [4.69, 9.17) is 0 Å². The summed E-state index contributed by atoms with van der Waals surface area (Å²) in [5, 5.41) is 2.53. The normalized spacial score (nSPS) is 31.6. The topological polar surface area (TPSA) is 66.5 Å². The lowest BCUT2D eigenvalue weighted by atomic mass is 10.2. The van der Waals surface area contributed by atoms with Crippen LogP contribution >= 0.6 is 0 Å². The molecule has 0 aromatic carbocycles.